The summed E-state index contributed by atoms with van der Waals surface area (Å²) in [5.41, 5.74) is 15.2. The highest BCUT2D eigenvalue weighted by Gasteiger charge is 2.20. The van der Waals surface area contributed by atoms with Crippen LogP contribution >= 0.6 is 11.3 Å². The number of para-hydroxylation sites is 2. The van der Waals surface area contributed by atoms with Crippen molar-refractivity contribution in [3.8, 4) is 11.1 Å². The highest BCUT2D eigenvalue weighted by molar-refractivity contribution is 7.26. The molecule has 11 aromatic rings. The molecular weight excluding hydrogens is 695 g/mol. The molecule has 0 amide bonds. The van der Waals surface area contributed by atoms with E-state index in [1.165, 1.54) is 36.5 Å². The van der Waals surface area contributed by atoms with Gasteiger partial charge in [-0.05, 0) is 69.9 Å². The number of thiophene rings is 1. The third-order valence-corrected chi connectivity index (χ3v) is 11.7. The molecule has 11 rings (SSSR count). The Hall–Kier alpha value is -7.02. The highest BCUT2D eigenvalue weighted by Crippen LogP contribution is 2.45. The van der Waals surface area contributed by atoms with E-state index in [-0.39, 0.29) is 0 Å². The predicted octanol–water partition coefficient (Wildman–Crippen LogP) is 13.0. The summed E-state index contributed by atoms with van der Waals surface area (Å²) in [6, 6.07) is 56.4. The van der Waals surface area contributed by atoms with Crippen LogP contribution in [-0.4, -0.2) is 11.7 Å². The molecular formula is C49H31N3O2S. The first kappa shape index (κ1) is 31.5. The molecule has 0 atom stereocenters. The van der Waals surface area contributed by atoms with E-state index in [1.54, 1.807) is 0 Å². The van der Waals surface area contributed by atoms with Crippen LogP contribution in [0.5, 0.6) is 0 Å². The van der Waals surface area contributed by atoms with E-state index in [4.69, 9.17) is 24.6 Å². The second-order valence-corrected chi connectivity index (χ2v) is 14.9. The van der Waals surface area contributed by atoms with Crippen molar-refractivity contribution < 1.29 is 8.83 Å². The maximum Gasteiger partial charge on any atom is 0.157 e. The van der Waals surface area contributed by atoms with Gasteiger partial charge in [0.1, 0.15) is 28.2 Å². The summed E-state index contributed by atoms with van der Waals surface area (Å²) in [4.78, 5) is 10.4. The molecule has 0 unspecified atom stereocenters. The van der Waals surface area contributed by atoms with Crippen molar-refractivity contribution in [3.63, 3.8) is 0 Å². The molecule has 0 aliphatic heterocycles. The molecule has 0 bridgehead atoms. The quantitative estimate of drug-likeness (QED) is 0.142. The number of fused-ring (bicyclic) bond motifs is 10. The molecule has 55 heavy (non-hydrogen) atoms. The Kier molecular flexibility index (Phi) is 7.19. The zero-order chi connectivity index (χ0) is 36.5. The van der Waals surface area contributed by atoms with Gasteiger partial charge in [0.2, 0.25) is 0 Å². The number of benzene rings is 8. The Bertz CT molecular complexity index is 3370. The SMILES string of the molecule is NC(=NC(=NCc1c(-c2cccc3sc4cc5ccccc5cc4c23)ccc2oc3ccccc3c12)c1ccccc1)c1cccc2oc3ccccc3c12. The fourth-order valence-corrected chi connectivity index (χ4v) is 9.30. The second-order valence-electron chi connectivity index (χ2n) is 13.8. The smallest absolute Gasteiger partial charge is 0.157 e. The van der Waals surface area contributed by atoms with E-state index in [0.717, 1.165) is 66.1 Å². The van der Waals surface area contributed by atoms with Crippen LogP contribution in [0.4, 0.5) is 0 Å². The largest absolute Gasteiger partial charge is 0.456 e. The molecule has 260 valence electrons. The molecule has 3 heterocycles. The van der Waals surface area contributed by atoms with Gasteiger partial charge in [0.25, 0.3) is 0 Å². The first-order chi connectivity index (χ1) is 27.2. The van der Waals surface area contributed by atoms with E-state index in [0.29, 0.717) is 18.2 Å². The highest BCUT2D eigenvalue weighted by atomic mass is 32.1. The summed E-state index contributed by atoms with van der Waals surface area (Å²) >= 11 is 1.84. The van der Waals surface area contributed by atoms with E-state index in [9.17, 15) is 0 Å². The molecule has 8 aromatic carbocycles. The summed E-state index contributed by atoms with van der Waals surface area (Å²) in [5, 5.41) is 9.02. The summed E-state index contributed by atoms with van der Waals surface area (Å²) in [5.74, 6) is 0.915. The van der Waals surface area contributed by atoms with Gasteiger partial charge >= 0.3 is 0 Å². The van der Waals surface area contributed by atoms with E-state index < -0.39 is 0 Å². The summed E-state index contributed by atoms with van der Waals surface area (Å²) < 4.78 is 15.2. The van der Waals surface area contributed by atoms with E-state index >= 15 is 0 Å². The second kappa shape index (κ2) is 12.5. The lowest BCUT2D eigenvalue weighted by Crippen LogP contribution is -2.17. The number of amidine groups is 2. The standard InChI is InChI=1S/C49H31N3O2S/c50-48(36-19-10-22-41-45(36)34-16-6-8-20-39(34)53-41)52-49(29-12-2-1-3-13-29)51-28-38-32(24-25-42-46(38)35-17-7-9-21-40(35)54-42)33-18-11-23-43-47(33)37-26-30-14-4-5-15-31(30)27-44(37)55-43/h1-27H,28H2,(H2,50,51,52). The van der Waals surface area contributed by atoms with Crippen molar-refractivity contribution in [2.24, 2.45) is 15.7 Å². The molecule has 0 aliphatic rings. The average molecular weight is 726 g/mol. The van der Waals surface area contributed by atoms with Crippen molar-refractivity contribution >= 4 is 97.8 Å². The van der Waals surface area contributed by atoms with Gasteiger partial charge in [0.15, 0.2) is 5.84 Å². The number of nitrogens with zero attached hydrogens (tertiary/aromatic N) is 2. The van der Waals surface area contributed by atoms with Crippen LogP contribution in [0, 0.1) is 0 Å². The Morgan fingerprint density at radius 1 is 0.509 bits per heavy atom. The lowest BCUT2D eigenvalue weighted by molar-refractivity contribution is 0.668. The number of nitrogens with two attached hydrogens (primary N) is 1. The van der Waals surface area contributed by atoms with Crippen LogP contribution in [0.15, 0.2) is 183 Å². The molecule has 6 heteroatoms. The molecule has 0 aliphatic carbocycles. The zero-order valence-corrected chi connectivity index (χ0v) is 30.3. The van der Waals surface area contributed by atoms with Crippen molar-refractivity contribution in [3.05, 3.63) is 180 Å². The minimum atomic E-state index is 0.345. The molecule has 3 aromatic heterocycles. The maximum absolute atomic E-state index is 6.94. The number of furan rings is 2. The zero-order valence-electron chi connectivity index (χ0n) is 29.5. The predicted molar refractivity (Wildman–Crippen MR) is 231 cm³/mol. The minimum Gasteiger partial charge on any atom is -0.456 e. The fourth-order valence-electron chi connectivity index (χ4n) is 8.13. The van der Waals surface area contributed by atoms with Gasteiger partial charge in [-0.25, -0.2) is 4.99 Å². The van der Waals surface area contributed by atoms with Crippen LogP contribution in [0.1, 0.15) is 16.7 Å². The van der Waals surface area contributed by atoms with Gasteiger partial charge in [0, 0.05) is 52.8 Å². The minimum absolute atomic E-state index is 0.345. The Labute approximate surface area is 319 Å². The molecule has 0 saturated heterocycles. The Morgan fingerprint density at radius 3 is 1.96 bits per heavy atom. The van der Waals surface area contributed by atoms with Gasteiger partial charge in [-0.1, -0.05) is 121 Å². The van der Waals surface area contributed by atoms with E-state index in [1.807, 2.05) is 90.2 Å². The number of hydrogen-bond acceptors (Lipinski definition) is 4. The number of hydrogen-bond donors (Lipinski definition) is 1. The summed E-state index contributed by atoms with van der Waals surface area (Å²) in [7, 11) is 0. The molecule has 0 spiro atoms. The summed E-state index contributed by atoms with van der Waals surface area (Å²) in [6.07, 6.45) is 0. The Morgan fingerprint density at radius 2 is 1.16 bits per heavy atom. The molecule has 0 fully saturated rings. The van der Waals surface area contributed by atoms with Crippen LogP contribution in [0.3, 0.4) is 0 Å². The third kappa shape index (κ3) is 5.14. The van der Waals surface area contributed by atoms with Crippen molar-refractivity contribution in [1.29, 1.82) is 0 Å². The lowest BCUT2D eigenvalue weighted by Gasteiger charge is -2.13. The average Bonchev–Trinajstić information content (AvgIpc) is 3.92. The van der Waals surface area contributed by atoms with Crippen LogP contribution in [0.25, 0.3) is 85.9 Å². The first-order valence-electron chi connectivity index (χ1n) is 18.3. The van der Waals surface area contributed by atoms with Gasteiger partial charge in [-0.3, -0.25) is 4.99 Å². The monoisotopic (exact) mass is 725 g/mol. The van der Waals surface area contributed by atoms with Gasteiger partial charge in [-0.2, -0.15) is 0 Å². The van der Waals surface area contributed by atoms with Crippen molar-refractivity contribution in [2.75, 3.05) is 0 Å². The molecule has 5 nitrogen and oxygen atoms in total. The number of rotatable bonds is 5. The Balaban J connectivity index is 1.14. The summed E-state index contributed by atoms with van der Waals surface area (Å²) in [6.45, 7) is 0.345. The first-order valence-corrected chi connectivity index (χ1v) is 19.1. The van der Waals surface area contributed by atoms with Crippen molar-refractivity contribution in [2.45, 2.75) is 6.54 Å². The normalized spacial score (nSPS) is 12.7. The molecule has 2 N–H and O–H groups in total. The molecule has 0 radical (unpaired) electrons. The molecule has 0 saturated carbocycles. The van der Waals surface area contributed by atoms with E-state index in [2.05, 4.69) is 84.9 Å². The van der Waals surface area contributed by atoms with Crippen LogP contribution in [0.2, 0.25) is 0 Å². The fraction of sp³-hybridized carbons (Fsp3) is 0.0204. The number of aliphatic imine (C=N–C) groups is 2. The van der Waals surface area contributed by atoms with Gasteiger partial charge in [0.05, 0.1) is 6.54 Å². The van der Waals surface area contributed by atoms with Crippen LogP contribution < -0.4 is 5.73 Å². The third-order valence-electron chi connectivity index (χ3n) is 10.6. The van der Waals surface area contributed by atoms with Crippen molar-refractivity contribution in [1.82, 2.24) is 0 Å². The lowest BCUT2D eigenvalue weighted by atomic mass is 9.92. The van der Waals surface area contributed by atoms with Gasteiger partial charge in [-0.15, -0.1) is 11.3 Å². The topological polar surface area (TPSA) is 77.0 Å². The maximum atomic E-state index is 6.94. The van der Waals surface area contributed by atoms with Crippen LogP contribution in [-0.2, 0) is 6.54 Å². The van der Waals surface area contributed by atoms with Gasteiger partial charge < -0.3 is 14.6 Å².